The molecule has 0 radical (unpaired) electrons. The summed E-state index contributed by atoms with van der Waals surface area (Å²) in [6.45, 7) is 2.48. The van der Waals surface area contributed by atoms with Crippen molar-refractivity contribution in [3.8, 4) is 0 Å². The van der Waals surface area contributed by atoms with Crippen LogP contribution < -0.4 is 5.32 Å². The van der Waals surface area contributed by atoms with Gasteiger partial charge < -0.3 is 5.32 Å². The number of thiazole rings is 1. The Labute approximate surface area is 114 Å². The molecule has 0 amide bonds. The lowest BCUT2D eigenvalue weighted by atomic mass is 10.2. The summed E-state index contributed by atoms with van der Waals surface area (Å²) in [6, 6.07) is 12.8. The maximum absolute atomic E-state index is 13.5. The van der Waals surface area contributed by atoms with Gasteiger partial charge in [-0.2, -0.15) is 0 Å². The van der Waals surface area contributed by atoms with Crippen molar-refractivity contribution in [2.75, 3.05) is 5.32 Å². The summed E-state index contributed by atoms with van der Waals surface area (Å²) in [5.74, 6) is -0.176. The van der Waals surface area contributed by atoms with Crippen molar-refractivity contribution < 1.29 is 4.39 Å². The number of rotatable bonds is 3. The van der Waals surface area contributed by atoms with Gasteiger partial charge in [-0.1, -0.05) is 18.2 Å². The molecule has 2 nitrogen and oxygen atoms in total. The molecule has 0 bridgehead atoms. The highest BCUT2D eigenvalue weighted by atomic mass is 32.1. The lowest BCUT2D eigenvalue weighted by Gasteiger charge is -2.07. The molecule has 3 aromatic rings. The highest BCUT2D eigenvalue weighted by Gasteiger charge is 2.03. The number of benzene rings is 2. The number of nitrogens with one attached hydrogen (secondary N) is 1. The fraction of sp³-hybridized carbons (Fsp3) is 0.133. The molecule has 0 unspecified atom stereocenters. The second-order valence-corrected chi connectivity index (χ2v) is 5.60. The Hall–Kier alpha value is -1.94. The number of hydrogen-bond acceptors (Lipinski definition) is 3. The fourth-order valence-electron chi connectivity index (χ4n) is 1.99. The minimum Gasteiger partial charge on any atom is -0.381 e. The Balaban J connectivity index is 1.80. The van der Waals surface area contributed by atoms with Crippen molar-refractivity contribution >= 4 is 27.2 Å². The molecule has 1 heterocycles. The van der Waals surface area contributed by atoms with Crippen LogP contribution in [0.1, 0.15) is 10.6 Å². The maximum atomic E-state index is 13.5. The molecule has 0 aliphatic heterocycles. The molecule has 2 aromatic carbocycles. The lowest BCUT2D eigenvalue weighted by Crippen LogP contribution is -2.01. The fourth-order valence-corrected chi connectivity index (χ4v) is 2.86. The first-order valence-corrected chi connectivity index (χ1v) is 6.88. The minimum atomic E-state index is -0.176. The molecule has 0 aliphatic carbocycles. The first kappa shape index (κ1) is 12.1. The topological polar surface area (TPSA) is 24.9 Å². The first-order chi connectivity index (χ1) is 9.22. The molecule has 0 aliphatic rings. The van der Waals surface area contributed by atoms with Crippen LogP contribution in [0.5, 0.6) is 0 Å². The van der Waals surface area contributed by atoms with Crippen molar-refractivity contribution in [2.45, 2.75) is 13.5 Å². The smallest absolute Gasteiger partial charge is 0.128 e. The largest absolute Gasteiger partial charge is 0.381 e. The quantitative estimate of drug-likeness (QED) is 0.766. The third kappa shape index (κ3) is 2.58. The van der Waals surface area contributed by atoms with Gasteiger partial charge in [-0.25, -0.2) is 9.37 Å². The summed E-state index contributed by atoms with van der Waals surface area (Å²) in [4.78, 5) is 4.42. The molecule has 0 saturated carbocycles. The van der Waals surface area contributed by atoms with E-state index in [1.165, 1.54) is 6.07 Å². The molecular weight excluding hydrogens is 259 g/mol. The van der Waals surface area contributed by atoms with Crippen molar-refractivity contribution in [1.82, 2.24) is 4.98 Å². The average Bonchev–Trinajstić information content (AvgIpc) is 2.77. The van der Waals surface area contributed by atoms with E-state index in [0.717, 1.165) is 20.9 Å². The summed E-state index contributed by atoms with van der Waals surface area (Å²) in [7, 11) is 0. The number of fused-ring (bicyclic) bond motifs is 1. The Morgan fingerprint density at radius 2 is 2.05 bits per heavy atom. The van der Waals surface area contributed by atoms with Gasteiger partial charge >= 0.3 is 0 Å². The number of anilines is 1. The molecule has 1 N–H and O–H groups in total. The van der Waals surface area contributed by atoms with E-state index in [1.807, 2.05) is 25.1 Å². The summed E-state index contributed by atoms with van der Waals surface area (Å²) >= 11 is 1.67. The van der Waals surface area contributed by atoms with Gasteiger partial charge in [-0.3, -0.25) is 0 Å². The maximum Gasteiger partial charge on any atom is 0.128 e. The molecule has 0 saturated heterocycles. The molecule has 0 atom stereocenters. The molecule has 0 fully saturated rings. The predicted molar refractivity (Wildman–Crippen MR) is 78.1 cm³/mol. The zero-order valence-corrected chi connectivity index (χ0v) is 11.3. The summed E-state index contributed by atoms with van der Waals surface area (Å²) < 4.78 is 14.6. The van der Waals surface area contributed by atoms with E-state index in [2.05, 4.69) is 16.4 Å². The minimum absolute atomic E-state index is 0.176. The predicted octanol–water partition coefficient (Wildman–Crippen LogP) is 4.36. The Bertz CT molecular complexity index is 721. The van der Waals surface area contributed by atoms with Crippen molar-refractivity contribution in [1.29, 1.82) is 0 Å². The second-order valence-electron chi connectivity index (χ2n) is 4.36. The summed E-state index contributed by atoms with van der Waals surface area (Å²) in [5.41, 5.74) is 2.67. The van der Waals surface area contributed by atoms with Crippen LogP contribution >= 0.6 is 11.3 Å². The number of halogens is 1. The van der Waals surface area contributed by atoms with Crippen LogP contribution in [0.15, 0.2) is 42.5 Å². The van der Waals surface area contributed by atoms with Gasteiger partial charge in [-0.05, 0) is 31.2 Å². The summed E-state index contributed by atoms with van der Waals surface area (Å²) in [5, 5.41) is 4.30. The van der Waals surface area contributed by atoms with Gasteiger partial charge in [0.1, 0.15) is 5.82 Å². The van der Waals surface area contributed by atoms with Gasteiger partial charge in [-0.15, -0.1) is 11.3 Å². The first-order valence-electron chi connectivity index (χ1n) is 6.07. The van der Waals surface area contributed by atoms with Gasteiger partial charge in [0.25, 0.3) is 0 Å². The van der Waals surface area contributed by atoms with Crippen LogP contribution in [0.2, 0.25) is 0 Å². The SMILES string of the molecule is Cc1nc2ccc(NCc3ccccc3F)cc2s1. The van der Waals surface area contributed by atoms with Crippen LogP contribution in [-0.2, 0) is 6.54 Å². The van der Waals surface area contributed by atoms with Crippen LogP contribution in [-0.4, -0.2) is 4.98 Å². The number of nitrogens with zero attached hydrogens (tertiary/aromatic N) is 1. The van der Waals surface area contributed by atoms with Crippen LogP contribution in [0, 0.1) is 12.7 Å². The van der Waals surface area contributed by atoms with Crippen LogP contribution in [0.3, 0.4) is 0 Å². The molecule has 4 heteroatoms. The van der Waals surface area contributed by atoms with E-state index in [1.54, 1.807) is 23.5 Å². The van der Waals surface area contributed by atoms with E-state index < -0.39 is 0 Å². The Morgan fingerprint density at radius 1 is 1.21 bits per heavy atom. The number of aryl methyl sites for hydroxylation is 1. The monoisotopic (exact) mass is 272 g/mol. The molecule has 1 aromatic heterocycles. The number of hydrogen-bond donors (Lipinski definition) is 1. The van der Waals surface area contributed by atoms with Crippen molar-refractivity contribution in [3.05, 3.63) is 58.9 Å². The van der Waals surface area contributed by atoms with Crippen LogP contribution in [0.25, 0.3) is 10.2 Å². The van der Waals surface area contributed by atoms with E-state index in [4.69, 9.17) is 0 Å². The lowest BCUT2D eigenvalue weighted by molar-refractivity contribution is 0.613. The third-order valence-corrected chi connectivity index (χ3v) is 3.87. The highest BCUT2D eigenvalue weighted by Crippen LogP contribution is 2.25. The van der Waals surface area contributed by atoms with E-state index in [9.17, 15) is 4.39 Å². The molecule has 96 valence electrons. The van der Waals surface area contributed by atoms with Crippen LogP contribution in [0.4, 0.5) is 10.1 Å². The van der Waals surface area contributed by atoms with Crippen molar-refractivity contribution in [3.63, 3.8) is 0 Å². The van der Waals surface area contributed by atoms with E-state index in [0.29, 0.717) is 12.1 Å². The molecule has 0 spiro atoms. The number of aromatic nitrogens is 1. The Kier molecular flexibility index (Phi) is 3.17. The molecule has 19 heavy (non-hydrogen) atoms. The normalized spacial score (nSPS) is 10.8. The van der Waals surface area contributed by atoms with Crippen molar-refractivity contribution in [2.24, 2.45) is 0 Å². The van der Waals surface area contributed by atoms with E-state index in [-0.39, 0.29) is 5.82 Å². The molecular formula is C15H13FN2S. The highest BCUT2D eigenvalue weighted by molar-refractivity contribution is 7.18. The average molecular weight is 272 g/mol. The van der Waals surface area contributed by atoms with Gasteiger partial charge in [0.15, 0.2) is 0 Å². The second kappa shape index (κ2) is 4.97. The zero-order valence-electron chi connectivity index (χ0n) is 10.5. The zero-order chi connectivity index (χ0) is 13.2. The Morgan fingerprint density at radius 3 is 2.89 bits per heavy atom. The summed E-state index contributed by atoms with van der Waals surface area (Å²) in [6.07, 6.45) is 0. The van der Waals surface area contributed by atoms with Gasteiger partial charge in [0.05, 0.1) is 15.2 Å². The van der Waals surface area contributed by atoms with Gasteiger partial charge in [0.2, 0.25) is 0 Å². The van der Waals surface area contributed by atoms with Gasteiger partial charge in [0, 0.05) is 17.8 Å². The standard InChI is InChI=1S/C15H13FN2S/c1-10-18-14-7-6-12(8-15(14)19-10)17-9-11-4-2-3-5-13(11)16/h2-8,17H,9H2,1H3. The molecule has 3 rings (SSSR count). The third-order valence-electron chi connectivity index (χ3n) is 2.94. The van der Waals surface area contributed by atoms with E-state index >= 15 is 0 Å².